The van der Waals surface area contributed by atoms with E-state index in [0.29, 0.717) is 18.5 Å². The van der Waals surface area contributed by atoms with Gasteiger partial charge >= 0.3 is 0 Å². The zero-order valence-electron chi connectivity index (χ0n) is 9.59. The maximum absolute atomic E-state index is 11.9. The Morgan fingerprint density at radius 2 is 2.22 bits per heavy atom. The van der Waals surface area contributed by atoms with Crippen molar-refractivity contribution in [2.45, 2.75) is 18.8 Å². The second kappa shape index (κ2) is 3.83. The number of hydrogen-bond donors (Lipinski definition) is 2. The molecule has 3 heterocycles. The van der Waals surface area contributed by atoms with Crippen LogP contribution in [0.2, 0.25) is 0 Å². The quantitative estimate of drug-likeness (QED) is 0.712. The first-order valence-electron chi connectivity index (χ1n) is 5.72. The normalized spacial score (nSPS) is 20.1. The lowest BCUT2D eigenvalue weighted by atomic mass is 9.94. The third-order valence-electron chi connectivity index (χ3n) is 3.20. The number of aromatic nitrogens is 2. The van der Waals surface area contributed by atoms with Crippen LogP contribution in [0.4, 0.5) is 5.69 Å². The monoisotopic (exact) mass is 244 g/mol. The Balaban J connectivity index is 2.09. The number of nitrogen functional groups attached to an aromatic ring is 1. The van der Waals surface area contributed by atoms with Crippen LogP contribution < -0.4 is 11.1 Å². The molecule has 1 aliphatic heterocycles. The molecule has 1 unspecified atom stereocenters. The van der Waals surface area contributed by atoms with Crippen LogP contribution in [0.1, 0.15) is 24.5 Å². The smallest absolute Gasteiger partial charge is 0.235 e. The van der Waals surface area contributed by atoms with Crippen molar-refractivity contribution in [3.63, 3.8) is 0 Å². The Morgan fingerprint density at radius 1 is 1.39 bits per heavy atom. The van der Waals surface area contributed by atoms with Gasteiger partial charge in [0.25, 0.3) is 0 Å². The van der Waals surface area contributed by atoms with E-state index in [1.165, 1.54) is 0 Å². The van der Waals surface area contributed by atoms with E-state index < -0.39 is 0 Å². The van der Waals surface area contributed by atoms with Gasteiger partial charge in [-0.15, -0.1) is 0 Å². The summed E-state index contributed by atoms with van der Waals surface area (Å²) in [6.45, 7) is 0. The van der Waals surface area contributed by atoms with Crippen molar-refractivity contribution in [3.05, 3.63) is 30.1 Å². The Bertz CT molecular complexity index is 647. The van der Waals surface area contributed by atoms with Crippen LogP contribution in [0.3, 0.4) is 0 Å². The van der Waals surface area contributed by atoms with Gasteiger partial charge in [0.2, 0.25) is 11.8 Å². The summed E-state index contributed by atoms with van der Waals surface area (Å²) in [6, 6.07) is 5.52. The first-order chi connectivity index (χ1) is 8.66. The zero-order chi connectivity index (χ0) is 12.7. The summed E-state index contributed by atoms with van der Waals surface area (Å²) in [6.07, 6.45) is 2.41. The predicted molar refractivity (Wildman–Crippen MR) is 64.7 cm³/mol. The van der Waals surface area contributed by atoms with Gasteiger partial charge in [-0.2, -0.15) is 5.10 Å². The molecule has 0 bridgehead atoms. The number of carbonyl (C=O) groups is 2. The summed E-state index contributed by atoms with van der Waals surface area (Å²) in [4.78, 5) is 23.0. The van der Waals surface area contributed by atoms with E-state index in [1.54, 1.807) is 10.7 Å². The van der Waals surface area contributed by atoms with Crippen molar-refractivity contribution < 1.29 is 9.59 Å². The lowest BCUT2D eigenvalue weighted by Gasteiger charge is -2.21. The third kappa shape index (κ3) is 1.54. The van der Waals surface area contributed by atoms with Crippen molar-refractivity contribution in [3.8, 4) is 0 Å². The largest absolute Gasteiger partial charge is 0.396 e. The molecular formula is C12H12N4O2. The van der Waals surface area contributed by atoms with Crippen molar-refractivity contribution in [2.75, 3.05) is 5.73 Å². The molecule has 1 saturated heterocycles. The van der Waals surface area contributed by atoms with E-state index >= 15 is 0 Å². The Morgan fingerprint density at radius 3 is 3.00 bits per heavy atom. The van der Waals surface area contributed by atoms with E-state index in [0.717, 1.165) is 11.2 Å². The number of nitrogens with one attached hydrogen (secondary N) is 1. The number of hydrogen-bond acceptors (Lipinski definition) is 4. The summed E-state index contributed by atoms with van der Waals surface area (Å²) in [5.41, 5.74) is 7.90. The van der Waals surface area contributed by atoms with Crippen molar-refractivity contribution in [2.24, 2.45) is 0 Å². The van der Waals surface area contributed by atoms with Gasteiger partial charge in [0.15, 0.2) is 0 Å². The molecule has 2 amide bonds. The molecule has 0 aliphatic carbocycles. The fourth-order valence-electron chi connectivity index (χ4n) is 2.29. The van der Waals surface area contributed by atoms with Gasteiger partial charge in [-0.05, 0) is 18.6 Å². The number of carbonyl (C=O) groups excluding carboxylic acids is 2. The number of pyridine rings is 1. The van der Waals surface area contributed by atoms with E-state index in [1.807, 2.05) is 18.2 Å². The summed E-state index contributed by atoms with van der Waals surface area (Å²) >= 11 is 0. The fraction of sp³-hybridized carbons (Fsp3) is 0.250. The van der Waals surface area contributed by atoms with Crippen LogP contribution in [0.5, 0.6) is 0 Å². The van der Waals surface area contributed by atoms with Crippen LogP contribution in [-0.2, 0) is 9.59 Å². The first kappa shape index (κ1) is 10.8. The fourth-order valence-corrected chi connectivity index (χ4v) is 2.29. The molecule has 1 aliphatic rings. The van der Waals surface area contributed by atoms with Gasteiger partial charge in [0.1, 0.15) is 0 Å². The Hall–Kier alpha value is -2.37. The molecule has 92 valence electrons. The number of rotatable bonds is 1. The molecule has 0 spiro atoms. The molecule has 6 heteroatoms. The van der Waals surface area contributed by atoms with Gasteiger partial charge in [-0.1, -0.05) is 6.07 Å². The maximum Gasteiger partial charge on any atom is 0.235 e. The molecular weight excluding hydrogens is 232 g/mol. The van der Waals surface area contributed by atoms with Gasteiger partial charge in [0.05, 0.1) is 29.0 Å². The minimum absolute atomic E-state index is 0.219. The lowest BCUT2D eigenvalue weighted by molar-refractivity contribution is -0.134. The summed E-state index contributed by atoms with van der Waals surface area (Å²) < 4.78 is 1.66. The van der Waals surface area contributed by atoms with Crippen molar-refractivity contribution >= 4 is 23.0 Å². The molecule has 2 aromatic heterocycles. The van der Waals surface area contributed by atoms with Crippen molar-refractivity contribution in [1.29, 1.82) is 0 Å². The van der Waals surface area contributed by atoms with E-state index in [9.17, 15) is 9.59 Å². The van der Waals surface area contributed by atoms with Crippen molar-refractivity contribution in [1.82, 2.24) is 14.9 Å². The average molecular weight is 244 g/mol. The van der Waals surface area contributed by atoms with Gasteiger partial charge in [-0.3, -0.25) is 14.9 Å². The number of fused-ring (bicyclic) bond motifs is 1. The average Bonchev–Trinajstić information content (AvgIpc) is 2.72. The summed E-state index contributed by atoms with van der Waals surface area (Å²) in [5, 5.41) is 6.52. The van der Waals surface area contributed by atoms with E-state index in [2.05, 4.69) is 10.4 Å². The molecule has 1 fully saturated rings. The van der Waals surface area contributed by atoms with Gasteiger partial charge in [-0.25, -0.2) is 4.52 Å². The SMILES string of the molecule is Nc1cnn2c(C3CCC(=O)NC3=O)cccc12. The highest BCUT2D eigenvalue weighted by atomic mass is 16.2. The third-order valence-corrected chi connectivity index (χ3v) is 3.20. The molecule has 6 nitrogen and oxygen atoms in total. The number of imide groups is 1. The molecule has 1 atom stereocenters. The molecule has 2 aromatic rings. The lowest BCUT2D eigenvalue weighted by Crippen LogP contribution is -2.40. The molecule has 0 radical (unpaired) electrons. The minimum Gasteiger partial charge on any atom is -0.396 e. The van der Waals surface area contributed by atoms with Gasteiger partial charge in [0, 0.05) is 6.42 Å². The molecule has 0 saturated carbocycles. The number of amides is 2. The molecule has 3 N–H and O–H groups in total. The number of nitrogens with two attached hydrogens (primary N) is 1. The second-order valence-corrected chi connectivity index (χ2v) is 4.35. The van der Waals surface area contributed by atoms with Crippen LogP contribution in [-0.4, -0.2) is 21.4 Å². The van der Waals surface area contributed by atoms with Crippen LogP contribution in [0.15, 0.2) is 24.4 Å². The van der Waals surface area contributed by atoms with E-state index in [4.69, 9.17) is 5.73 Å². The standard InChI is InChI=1S/C12H12N4O2/c13-8-6-14-16-9(2-1-3-10(8)16)7-4-5-11(17)15-12(7)18/h1-3,6-7H,4-5,13H2,(H,15,17,18). The van der Waals surface area contributed by atoms with Crippen LogP contribution >= 0.6 is 0 Å². The first-order valence-corrected chi connectivity index (χ1v) is 5.72. The zero-order valence-corrected chi connectivity index (χ0v) is 9.59. The highest BCUT2D eigenvalue weighted by Crippen LogP contribution is 2.26. The van der Waals surface area contributed by atoms with Crippen LogP contribution in [0, 0.1) is 0 Å². The predicted octanol–water partition coefficient (Wildman–Crippen LogP) is 0.437. The Kier molecular flexibility index (Phi) is 2.29. The Labute approximate surface area is 103 Å². The number of piperidine rings is 1. The topological polar surface area (TPSA) is 89.5 Å². The summed E-state index contributed by atoms with van der Waals surface area (Å²) in [7, 11) is 0. The second-order valence-electron chi connectivity index (χ2n) is 4.35. The highest BCUT2D eigenvalue weighted by molar-refractivity contribution is 6.00. The highest BCUT2D eigenvalue weighted by Gasteiger charge is 2.29. The molecule has 18 heavy (non-hydrogen) atoms. The maximum atomic E-state index is 11.9. The summed E-state index contributed by atoms with van der Waals surface area (Å²) in [5.74, 6) is -0.845. The van der Waals surface area contributed by atoms with E-state index in [-0.39, 0.29) is 17.7 Å². The number of anilines is 1. The van der Waals surface area contributed by atoms with Crippen LogP contribution in [0.25, 0.3) is 5.52 Å². The van der Waals surface area contributed by atoms with Gasteiger partial charge < -0.3 is 5.73 Å². The minimum atomic E-state index is -0.356. The molecule has 0 aromatic carbocycles. The number of nitrogens with zero attached hydrogens (tertiary/aromatic N) is 2. The molecule has 3 rings (SSSR count).